The Morgan fingerprint density at radius 1 is 1.50 bits per heavy atom. The Kier molecular flexibility index (Phi) is 5.47. The van der Waals surface area contributed by atoms with Crippen LogP contribution in [-0.2, 0) is 14.3 Å². The number of carbonyl (C=O) groups is 2. The molecule has 1 atom stereocenters. The molecule has 1 amide bonds. The lowest BCUT2D eigenvalue weighted by atomic mass is 10.2. The maximum atomic E-state index is 13.4. The third kappa shape index (κ3) is 4.12. The molecule has 1 fully saturated rings. The van der Waals surface area contributed by atoms with Crippen LogP contribution < -0.4 is 4.90 Å². The summed E-state index contributed by atoms with van der Waals surface area (Å²) in [7, 11) is 0. The Balaban J connectivity index is 1.85. The number of thioether (sulfide) groups is 1. The predicted octanol–water partition coefficient (Wildman–Crippen LogP) is 3.23. The van der Waals surface area contributed by atoms with Crippen LogP contribution in [0, 0.1) is 5.82 Å². The Labute approximate surface area is 147 Å². The van der Waals surface area contributed by atoms with Crippen molar-refractivity contribution < 1.29 is 18.7 Å². The number of hydrogen-bond donors (Lipinski definition) is 0. The van der Waals surface area contributed by atoms with Gasteiger partial charge in [-0.15, -0.1) is 0 Å². The Hall–Kier alpha value is -1.51. The average molecular weight is 368 g/mol. The number of rotatable bonds is 5. The summed E-state index contributed by atoms with van der Waals surface area (Å²) in [5.74, 6) is -0.459. The van der Waals surface area contributed by atoms with E-state index in [4.69, 9.17) is 4.74 Å². The van der Waals surface area contributed by atoms with Gasteiger partial charge in [-0.25, -0.2) is 9.37 Å². The molecule has 0 aliphatic carbocycles. The van der Waals surface area contributed by atoms with Crippen molar-refractivity contribution in [3.05, 3.63) is 24.0 Å². The lowest BCUT2D eigenvalue weighted by molar-refractivity contribution is -0.117. The first-order valence-electron chi connectivity index (χ1n) is 7.64. The third-order valence-electron chi connectivity index (χ3n) is 3.68. The van der Waals surface area contributed by atoms with E-state index in [1.165, 1.54) is 30.4 Å². The second-order valence-electron chi connectivity index (χ2n) is 5.53. The van der Waals surface area contributed by atoms with Crippen LogP contribution in [0.25, 0.3) is 10.2 Å². The van der Waals surface area contributed by atoms with E-state index in [-0.39, 0.29) is 28.7 Å². The minimum Gasteiger partial charge on any atom is -0.376 e. The number of aromatic nitrogens is 1. The van der Waals surface area contributed by atoms with Crippen LogP contribution in [-0.4, -0.2) is 41.0 Å². The second-order valence-corrected chi connectivity index (χ2v) is 7.69. The number of fused-ring (bicyclic) bond motifs is 1. The molecule has 2 heterocycles. The topological polar surface area (TPSA) is 59.5 Å². The van der Waals surface area contributed by atoms with Gasteiger partial charge in [-0.1, -0.05) is 23.1 Å². The number of carbonyl (C=O) groups excluding carboxylic acids is 2. The van der Waals surface area contributed by atoms with Gasteiger partial charge >= 0.3 is 0 Å². The van der Waals surface area contributed by atoms with Gasteiger partial charge < -0.3 is 4.74 Å². The lowest BCUT2D eigenvalue weighted by Crippen LogP contribution is -2.38. The molecule has 1 aromatic carbocycles. The summed E-state index contributed by atoms with van der Waals surface area (Å²) in [6, 6.07) is 4.36. The van der Waals surface area contributed by atoms with E-state index in [9.17, 15) is 14.0 Å². The van der Waals surface area contributed by atoms with E-state index in [2.05, 4.69) is 4.98 Å². The first-order valence-corrected chi connectivity index (χ1v) is 9.44. The molecule has 0 spiro atoms. The third-order valence-corrected chi connectivity index (χ3v) is 5.52. The monoisotopic (exact) mass is 368 g/mol. The highest BCUT2D eigenvalue weighted by atomic mass is 32.2. The fraction of sp³-hybridized carbons (Fsp3) is 0.438. The average Bonchev–Trinajstić information content (AvgIpc) is 3.18. The van der Waals surface area contributed by atoms with Gasteiger partial charge in [0.05, 0.1) is 28.6 Å². The number of benzene rings is 1. The SMILES string of the molecule is CC(=O)SCC(=O)N(CC1CCCO1)c1nc2ccc(F)cc2s1. The standard InChI is InChI=1S/C16H17FN2O3S2/c1-10(20)23-9-15(21)19(8-12-3-2-6-22-12)16-18-13-5-4-11(17)7-14(13)24-16/h4-5,7,12H,2-3,6,8-9H2,1H3. The number of thiazole rings is 1. The highest BCUT2D eigenvalue weighted by Gasteiger charge is 2.26. The fourth-order valence-electron chi connectivity index (χ4n) is 2.52. The van der Waals surface area contributed by atoms with E-state index < -0.39 is 0 Å². The van der Waals surface area contributed by atoms with Crippen molar-refractivity contribution in [2.45, 2.75) is 25.9 Å². The maximum Gasteiger partial charge on any atom is 0.239 e. The van der Waals surface area contributed by atoms with Crippen LogP contribution in [0.5, 0.6) is 0 Å². The highest BCUT2D eigenvalue weighted by Crippen LogP contribution is 2.30. The molecule has 1 aliphatic heterocycles. The number of ether oxygens (including phenoxy) is 1. The van der Waals surface area contributed by atoms with Gasteiger partial charge in [0.25, 0.3) is 0 Å². The number of anilines is 1. The second kappa shape index (κ2) is 7.58. The smallest absolute Gasteiger partial charge is 0.239 e. The molecule has 2 aromatic rings. The van der Waals surface area contributed by atoms with Crippen molar-refractivity contribution in [3.8, 4) is 0 Å². The van der Waals surface area contributed by atoms with E-state index in [0.717, 1.165) is 24.6 Å². The molecule has 1 unspecified atom stereocenters. The van der Waals surface area contributed by atoms with Gasteiger partial charge in [-0.05, 0) is 31.0 Å². The minimum atomic E-state index is -0.332. The van der Waals surface area contributed by atoms with Crippen LogP contribution in [0.2, 0.25) is 0 Å². The molecule has 1 aliphatic rings. The molecule has 24 heavy (non-hydrogen) atoms. The van der Waals surface area contributed by atoms with Crippen molar-refractivity contribution in [1.29, 1.82) is 0 Å². The molecule has 0 N–H and O–H groups in total. The van der Waals surface area contributed by atoms with Crippen molar-refractivity contribution in [2.24, 2.45) is 0 Å². The Morgan fingerprint density at radius 3 is 3.04 bits per heavy atom. The first-order chi connectivity index (χ1) is 11.5. The number of hydrogen-bond acceptors (Lipinski definition) is 6. The van der Waals surface area contributed by atoms with E-state index >= 15 is 0 Å². The molecule has 0 radical (unpaired) electrons. The van der Waals surface area contributed by atoms with Crippen LogP contribution in [0.15, 0.2) is 18.2 Å². The van der Waals surface area contributed by atoms with Gasteiger partial charge in [-0.2, -0.15) is 0 Å². The molecular formula is C16H17FN2O3S2. The van der Waals surface area contributed by atoms with Crippen molar-refractivity contribution in [2.75, 3.05) is 23.8 Å². The molecule has 3 rings (SSSR count). The Morgan fingerprint density at radius 2 is 2.33 bits per heavy atom. The molecule has 0 saturated carbocycles. The predicted molar refractivity (Wildman–Crippen MR) is 94.0 cm³/mol. The van der Waals surface area contributed by atoms with Crippen molar-refractivity contribution in [3.63, 3.8) is 0 Å². The zero-order chi connectivity index (χ0) is 17.1. The zero-order valence-corrected chi connectivity index (χ0v) is 14.8. The summed E-state index contributed by atoms with van der Waals surface area (Å²) in [5, 5.41) is 0.409. The first kappa shape index (κ1) is 17.3. The van der Waals surface area contributed by atoms with Gasteiger partial charge in [-0.3, -0.25) is 14.5 Å². The lowest BCUT2D eigenvalue weighted by Gasteiger charge is -2.22. The summed E-state index contributed by atoms with van der Waals surface area (Å²) < 4.78 is 19.7. The van der Waals surface area contributed by atoms with Crippen molar-refractivity contribution >= 4 is 49.5 Å². The molecule has 5 nitrogen and oxygen atoms in total. The van der Waals surface area contributed by atoms with E-state index in [0.29, 0.717) is 28.5 Å². The quantitative estimate of drug-likeness (QED) is 0.811. The van der Waals surface area contributed by atoms with Gasteiger partial charge in [0.15, 0.2) is 10.2 Å². The van der Waals surface area contributed by atoms with E-state index in [1.54, 1.807) is 11.0 Å². The molecule has 1 saturated heterocycles. The van der Waals surface area contributed by atoms with Gasteiger partial charge in [0.2, 0.25) is 5.91 Å². The van der Waals surface area contributed by atoms with Crippen LogP contribution in [0.3, 0.4) is 0 Å². The largest absolute Gasteiger partial charge is 0.376 e. The molecule has 8 heteroatoms. The molecule has 128 valence electrons. The molecular weight excluding hydrogens is 351 g/mol. The number of halogens is 1. The Bertz CT molecular complexity index is 759. The fourth-order valence-corrected chi connectivity index (χ4v) is 4.02. The maximum absolute atomic E-state index is 13.4. The summed E-state index contributed by atoms with van der Waals surface area (Å²) in [5.41, 5.74) is 0.653. The summed E-state index contributed by atoms with van der Waals surface area (Å²) in [6.45, 7) is 2.53. The van der Waals surface area contributed by atoms with Gasteiger partial charge in [0.1, 0.15) is 5.82 Å². The van der Waals surface area contributed by atoms with Crippen molar-refractivity contribution in [1.82, 2.24) is 4.98 Å². The highest BCUT2D eigenvalue weighted by molar-refractivity contribution is 8.14. The molecule has 1 aromatic heterocycles. The summed E-state index contributed by atoms with van der Waals surface area (Å²) in [6.07, 6.45) is 1.84. The molecule has 0 bridgehead atoms. The van der Waals surface area contributed by atoms with Crippen LogP contribution >= 0.6 is 23.1 Å². The summed E-state index contributed by atoms with van der Waals surface area (Å²) in [4.78, 5) is 29.7. The van der Waals surface area contributed by atoms with Crippen LogP contribution in [0.1, 0.15) is 19.8 Å². The normalized spacial score (nSPS) is 17.3. The summed E-state index contributed by atoms with van der Waals surface area (Å²) >= 11 is 2.25. The number of nitrogens with zero attached hydrogens (tertiary/aromatic N) is 2. The minimum absolute atomic E-state index is 0.0278. The van der Waals surface area contributed by atoms with E-state index in [1.807, 2.05) is 0 Å². The van der Waals surface area contributed by atoms with Gasteiger partial charge in [0, 0.05) is 13.5 Å². The van der Waals surface area contributed by atoms with Crippen LogP contribution in [0.4, 0.5) is 9.52 Å². The zero-order valence-electron chi connectivity index (χ0n) is 13.2. The number of amides is 1.